The Kier molecular flexibility index (Phi) is 12.4. The normalized spacial score (nSPS) is 18.4. The molecule has 136 valence electrons. The van der Waals surface area contributed by atoms with Crippen molar-refractivity contribution in [2.45, 2.75) is 25.8 Å². The molecule has 0 radical (unpaired) electrons. The first-order chi connectivity index (χ1) is 10.6. The molecular weight excluding hydrogens is 409 g/mol. The number of hydrogen-bond donors (Lipinski definition) is 2. The Morgan fingerprint density at radius 3 is 2.74 bits per heavy atom. The highest BCUT2D eigenvalue weighted by atomic mass is 127. The first-order valence-electron chi connectivity index (χ1n) is 8.03. The van der Waals surface area contributed by atoms with E-state index in [1.807, 2.05) is 6.92 Å². The fourth-order valence-electron chi connectivity index (χ4n) is 2.47. The zero-order chi connectivity index (χ0) is 16.4. The zero-order valence-corrected chi connectivity index (χ0v) is 17.1. The van der Waals surface area contributed by atoms with Crippen LogP contribution in [0, 0.1) is 0 Å². The van der Waals surface area contributed by atoms with Gasteiger partial charge in [-0.2, -0.15) is 0 Å². The molecular formula is C15H32IN5O2. The van der Waals surface area contributed by atoms with Gasteiger partial charge in [-0.25, -0.2) is 4.99 Å². The largest absolute Gasteiger partial charge is 0.383 e. The van der Waals surface area contributed by atoms with E-state index in [9.17, 15) is 4.79 Å². The van der Waals surface area contributed by atoms with E-state index in [-0.39, 0.29) is 36.4 Å². The number of likely N-dealkylation sites (N-methyl/N-ethyl adjacent to an activating group) is 1. The lowest BCUT2D eigenvalue weighted by Gasteiger charge is -2.25. The maximum atomic E-state index is 11.6. The van der Waals surface area contributed by atoms with Crippen LogP contribution in [0.1, 0.15) is 19.8 Å². The third-order valence-corrected chi connectivity index (χ3v) is 3.80. The van der Waals surface area contributed by atoms with E-state index in [1.165, 1.54) is 12.8 Å². The Labute approximate surface area is 157 Å². The van der Waals surface area contributed by atoms with Gasteiger partial charge in [-0.05, 0) is 26.3 Å². The Morgan fingerprint density at radius 2 is 2.13 bits per heavy atom. The van der Waals surface area contributed by atoms with Gasteiger partial charge in [0, 0.05) is 46.9 Å². The number of carbonyl (C=O) groups is 1. The number of amides is 1. The topological polar surface area (TPSA) is 69.2 Å². The lowest BCUT2D eigenvalue weighted by molar-refractivity contribution is -0.127. The summed E-state index contributed by atoms with van der Waals surface area (Å²) in [6, 6.07) is 0.503. The highest BCUT2D eigenvalue weighted by Crippen LogP contribution is 2.15. The summed E-state index contributed by atoms with van der Waals surface area (Å²) in [5, 5.41) is 6.53. The number of methoxy groups -OCH3 is 1. The van der Waals surface area contributed by atoms with Crippen LogP contribution in [-0.2, 0) is 9.53 Å². The highest BCUT2D eigenvalue weighted by Gasteiger charge is 2.23. The van der Waals surface area contributed by atoms with Crippen molar-refractivity contribution in [3.8, 4) is 0 Å². The SMILES string of the molecule is CCNC(=NCC(=O)N(C)C)NCC1CCCN1CCOC.I. The molecule has 0 aliphatic carbocycles. The summed E-state index contributed by atoms with van der Waals surface area (Å²) in [6.07, 6.45) is 2.41. The Hall–Kier alpha value is -0.610. The summed E-state index contributed by atoms with van der Waals surface area (Å²) in [4.78, 5) is 20.0. The number of likely N-dealkylation sites (tertiary alicyclic amines) is 1. The van der Waals surface area contributed by atoms with Gasteiger partial charge in [-0.3, -0.25) is 9.69 Å². The average Bonchev–Trinajstić information content (AvgIpc) is 2.94. The van der Waals surface area contributed by atoms with Gasteiger partial charge in [0.2, 0.25) is 5.91 Å². The van der Waals surface area contributed by atoms with Crippen LogP contribution < -0.4 is 10.6 Å². The standard InChI is InChI=1S/C15H31N5O2.HI/c1-5-16-15(18-12-14(21)19(2)3)17-11-13-7-6-8-20(13)9-10-22-4;/h13H,5-12H2,1-4H3,(H2,16,17,18);1H. The van der Waals surface area contributed by atoms with Gasteiger partial charge in [-0.15, -0.1) is 24.0 Å². The van der Waals surface area contributed by atoms with Crippen LogP contribution in [0.3, 0.4) is 0 Å². The minimum Gasteiger partial charge on any atom is -0.383 e. The average molecular weight is 441 g/mol. The predicted molar refractivity (Wildman–Crippen MR) is 105 cm³/mol. The molecule has 1 heterocycles. The van der Waals surface area contributed by atoms with Crippen LogP contribution in [0.4, 0.5) is 0 Å². The maximum Gasteiger partial charge on any atom is 0.243 e. The van der Waals surface area contributed by atoms with Crippen molar-refractivity contribution in [2.75, 3.05) is 60.5 Å². The van der Waals surface area contributed by atoms with Crippen molar-refractivity contribution >= 4 is 35.8 Å². The molecule has 1 fully saturated rings. The number of nitrogens with zero attached hydrogens (tertiary/aromatic N) is 3. The molecule has 1 aliphatic rings. The molecule has 0 aromatic heterocycles. The van der Waals surface area contributed by atoms with E-state index in [2.05, 4.69) is 20.5 Å². The van der Waals surface area contributed by atoms with Crippen LogP contribution in [0.25, 0.3) is 0 Å². The highest BCUT2D eigenvalue weighted by molar-refractivity contribution is 14.0. The Morgan fingerprint density at radius 1 is 1.39 bits per heavy atom. The molecule has 8 heteroatoms. The second-order valence-corrected chi connectivity index (χ2v) is 5.69. The lowest BCUT2D eigenvalue weighted by atomic mass is 10.2. The number of carbonyl (C=O) groups excluding carboxylic acids is 1. The van der Waals surface area contributed by atoms with E-state index < -0.39 is 0 Å². The molecule has 2 N–H and O–H groups in total. The number of ether oxygens (including phenoxy) is 1. The van der Waals surface area contributed by atoms with E-state index in [0.717, 1.165) is 32.8 Å². The second kappa shape index (κ2) is 12.8. The summed E-state index contributed by atoms with van der Waals surface area (Å²) < 4.78 is 5.16. The van der Waals surface area contributed by atoms with Gasteiger partial charge in [0.05, 0.1) is 6.61 Å². The predicted octanol–water partition coefficient (Wildman–Crippen LogP) is 0.359. The molecule has 1 unspecified atom stereocenters. The molecule has 1 rings (SSSR count). The summed E-state index contributed by atoms with van der Waals surface area (Å²) in [5.74, 6) is 0.705. The fourth-order valence-corrected chi connectivity index (χ4v) is 2.47. The zero-order valence-electron chi connectivity index (χ0n) is 14.8. The molecule has 23 heavy (non-hydrogen) atoms. The molecule has 0 bridgehead atoms. The van der Waals surface area contributed by atoms with Crippen LogP contribution in [0.15, 0.2) is 4.99 Å². The van der Waals surface area contributed by atoms with Gasteiger partial charge in [0.1, 0.15) is 6.54 Å². The molecule has 1 amide bonds. The van der Waals surface area contributed by atoms with Gasteiger partial charge in [0.25, 0.3) is 0 Å². The van der Waals surface area contributed by atoms with E-state index in [4.69, 9.17) is 4.74 Å². The summed E-state index contributed by atoms with van der Waals surface area (Å²) in [7, 11) is 5.22. The van der Waals surface area contributed by atoms with Crippen LogP contribution >= 0.6 is 24.0 Å². The number of rotatable bonds is 8. The monoisotopic (exact) mass is 441 g/mol. The van der Waals surface area contributed by atoms with Crippen LogP contribution in [0.5, 0.6) is 0 Å². The van der Waals surface area contributed by atoms with Crippen LogP contribution in [-0.4, -0.2) is 88.2 Å². The van der Waals surface area contributed by atoms with Crippen LogP contribution in [0.2, 0.25) is 0 Å². The fraction of sp³-hybridized carbons (Fsp3) is 0.867. The van der Waals surface area contributed by atoms with E-state index in [1.54, 1.807) is 26.1 Å². The quantitative estimate of drug-likeness (QED) is 0.324. The van der Waals surface area contributed by atoms with Crippen molar-refractivity contribution in [1.29, 1.82) is 0 Å². The molecule has 7 nitrogen and oxygen atoms in total. The number of guanidine groups is 1. The van der Waals surface area contributed by atoms with Gasteiger partial charge in [-0.1, -0.05) is 0 Å². The van der Waals surface area contributed by atoms with Crippen molar-refractivity contribution in [3.63, 3.8) is 0 Å². The minimum atomic E-state index is -0.000194. The van der Waals surface area contributed by atoms with Crippen molar-refractivity contribution in [3.05, 3.63) is 0 Å². The number of nitrogens with one attached hydrogen (secondary N) is 2. The number of halogens is 1. The van der Waals surface area contributed by atoms with Crippen molar-refractivity contribution in [2.24, 2.45) is 4.99 Å². The third kappa shape index (κ3) is 8.71. The molecule has 1 aliphatic heterocycles. The third-order valence-electron chi connectivity index (χ3n) is 3.80. The molecule has 0 aromatic rings. The Bertz CT molecular complexity index is 366. The van der Waals surface area contributed by atoms with Gasteiger partial charge in [0.15, 0.2) is 5.96 Å². The number of aliphatic imine (C=N–C) groups is 1. The Balaban J connectivity index is 0.00000484. The molecule has 1 atom stereocenters. The maximum absolute atomic E-state index is 11.6. The molecule has 0 spiro atoms. The first kappa shape index (κ1) is 22.4. The molecule has 0 saturated carbocycles. The van der Waals surface area contributed by atoms with Crippen molar-refractivity contribution in [1.82, 2.24) is 20.4 Å². The number of hydrogen-bond acceptors (Lipinski definition) is 4. The second-order valence-electron chi connectivity index (χ2n) is 5.69. The first-order valence-corrected chi connectivity index (χ1v) is 8.03. The smallest absolute Gasteiger partial charge is 0.243 e. The van der Waals surface area contributed by atoms with Gasteiger partial charge >= 0.3 is 0 Å². The van der Waals surface area contributed by atoms with E-state index in [0.29, 0.717) is 12.0 Å². The van der Waals surface area contributed by atoms with E-state index >= 15 is 0 Å². The molecule has 1 saturated heterocycles. The minimum absolute atomic E-state index is 0. The molecule has 0 aromatic carbocycles. The lowest BCUT2D eigenvalue weighted by Crippen LogP contribution is -2.45. The summed E-state index contributed by atoms with van der Waals surface area (Å²) in [5.41, 5.74) is 0. The van der Waals surface area contributed by atoms with Crippen molar-refractivity contribution < 1.29 is 9.53 Å². The van der Waals surface area contributed by atoms with Gasteiger partial charge < -0.3 is 20.3 Å². The summed E-state index contributed by atoms with van der Waals surface area (Å²) in [6.45, 7) is 6.66. The summed E-state index contributed by atoms with van der Waals surface area (Å²) >= 11 is 0.